The van der Waals surface area contributed by atoms with Crippen LogP contribution in [-0.2, 0) is 23.8 Å². The summed E-state index contributed by atoms with van der Waals surface area (Å²) in [6.45, 7) is 3.70. The highest BCUT2D eigenvalue weighted by Gasteiger charge is 2.34. The van der Waals surface area contributed by atoms with E-state index < -0.39 is 17.6 Å². The van der Waals surface area contributed by atoms with Gasteiger partial charge in [-0.1, -0.05) is 32.0 Å². The Hall–Kier alpha value is -3.48. The van der Waals surface area contributed by atoms with Gasteiger partial charge in [-0.2, -0.15) is 13.2 Å². The molecule has 1 N–H and O–H groups in total. The first kappa shape index (κ1) is 21.7. The van der Waals surface area contributed by atoms with Crippen LogP contribution in [0, 0.1) is 0 Å². The third-order valence-electron chi connectivity index (χ3n) is 5.47. The minimum atomic E-state index is -4.50. The average molecular weight is 437 g/mol. The third-order valence-corrected chi connectivity index (χ3v) is 5.47. The molecule has 164 valence electrons. The van der Waals surface area contributed by atoms with Crippen molar-refractivity contribution in [3.8, 4) is 11.1 Å². The fraction of sp³-hybridized carbons (Fsp3) is 0.240. The molecule has 2 aromatic carbocycles. The van der Waals surface area contributed by atoms with Crippen molar-refractivity contribution in [3.63, 3.8) is 0 Å². The number of alkyl halides is 3. The number of nitrogens with one attached hydrogen (secondary N) is 1. The van der Waals surface area contributed by atoms with E-state index in [2.05, 4.69) is 15.3 Å². The second-order valence-electron chi connectivity index (χ2n) is 7.63. The molecule has 0 atom stereocenters. The number of hydrogen-bond acceptors (Lipinski definition) is 3. The van der Waals surface area contributed by atoms with Crippen LogP contribution in [0.5, 0.6) is 0 Å². The molecule has 0 saturated heterocycles. The number of aliphatic imine (C=N–C) groups is 1. The smallest absolute Gasteiger partial charge is 0.324 e. The van der Waals surface area contributed by atoms with Crippen LogP contribution in [0.3, 0.4) is 0 Å². The molecule has 1 aliphatic heterocycles. The molecule has 0 fully saturated rings. The predicted octanol–water partition coefficient (Wildman–Crippen LogP) is 6.36. The van der Waals surface area contributed by atoms with Crippen LogP contribution < -0.4 is 5.32 Å². The number of rotatable bonds is 4. The third kappa shape index (κ3) is 4.42. The normalized spacial score (nSPS) is 13.8. The molecule has 0 aliphatic carbocycles. The van der Waals surface area contributed by atoms with Crippen molar-refractivity contribution in [2.45, 2.75) is 39.3 Å². The molecule has 1 amide bonds. The largest absolute Gasteiger partial charge is 0.416 e. The maximum atomic E-state index is 13.5. The minimum Gasteiger partial charge on any atom is -0.324 e. The van der Waals surface area contributed by atoms with Gasteiger partial charge in [0.05, 0.1) is 29.1 Å². The maximum Gasteiger partial charge on any atom is 0.416 e. The fourth-order valence-corrected chi connectivity index (χ4v) is 3.81. The monoisotopic (exact) mass is 437 g/mol. The van der Waals surface area contributed by atoms with Crippen molar-refractivity contribution in [3.05, 3.63) is 77.1 Å². The Balaban J connectivity index is 1.80. The van der Waals surface area contributed by atoms with Gasteiger partial charge in [-0.3, -0.25) is 14.8 Å². The quantitative estimate of drug-likeness (QED) is 0.517. The minimum absolute atomic E-state index is 0.0303. The number of pyridine rings is 1. The molecule has 0 spiro atoms. The van der Waals surface area contributed by atoms with E-state index in [1.165, 1.54) is 6.07 Å². The van der Waals surface area contributed by atoms with Crippen molar-refractivity contribution in [2.75, 3.05) is 5.32 Å². The van der Waals surface area contributed by atoms with Crippen LogP contribution in [0.15, 0.2) is 59.7 Å². The van der Waals surface area contributed by atoms with Crippen LogP contribution in [-0.4, -0.2) is 16.6 Å². The predicted molar refractivity (Wildman–Crippen MR) is 119 cm³/mol. The summed E-state index contributed by atoms with van der Waals surface area (Å²) >= 11 is 0. The summed E-state index contributed by atoms with van der Waals surface area (Å²) in [5, 5.41) is 2.59. The van der Waals surface area contributed by atoms with Crippen LogP contribution >= 0.6 is 0 Å². The summed E-state index contributed by atoms with van der Waals surface area (Å²) in [7, 11) is 0. The summed E-state index contributed by atoms with van der Waals surface area (Å²) in [5.74, 6) is -0.401. The molecule has 4 nitrogen and oxygen atoms in total. The van der Waals surface area contributed by atoms with Gasteiger partial charge in [0.15, 0.2) is 0 Å². The van der Waals surface area contributed by atoms with Crippen LogP contribution in [0.1, 0.15) is 42.7 Å². The lowest BCUT2D eigenvalue weighted by atomic mass is 9.99. The van der Waals surface area contributed by atoms with Gasteiger partial charge in [0, 0.05) is 11.9 Å². The Kier molecular flexibility index (Phi) is 5.82. The summed E-state index contributed by atoms with van der Waals surface area (Å²) in [6.07, 6.45) is -1.75. The van der Waals surface area contributed by atoms with E-state index in [1.54, 1.807) is 13.1 Å². The molecule has 2 heterocycles. The summed E-state index contributed by atoms with van der Waals surface area (Å²) in [5.41, 5.74) is 3.99. The zero-order valence-electron chi connectivity index (χ0n) is 17.8. The molecule has 1 aliphatic rings. The highest BCUT2D eigenvalue weighted by Crippen LogP contribution is 2.39. The summed E-state index contributed by atoms with van der Waals surface area (Å²) in [4.78, 5) is 21.4. The summed E-state index contributed by atoms with van der Waals surface area (Å²) < 4.78 is 40.4. The van der Waals surface area contributed by atoms with Crippen LogP contribution in [0.4, 0.5) is 24.5 Å². The average Bonchev–Trinajstić information content (AvgIpc) is 2.95. The Morgan fingerprint density at radius 3 is 2.44 bits per heavy atom. The molecule has 0 bridgehead atoms. The highest BCUT2D eigenvalue weighted by atomic mass is 19.4. The number of aromatic nitrogens is 1. The Morgan fingerprint density at radius 1 is 0.969 bits per heavy atom. The SMILES string of the molecule is CCc1cc(-c2cccc(C3=Nc4cc(CC)c(C(F)(F)F)cc4NC(=O)C3)c2)ccn1. The number of aryl methyl sites for hydroxylation is 2. The number of fused-ring (bicyclic) bond motifs is 1. The van der Waals surface area contributed by atoms with E-state index >= 15 is 0 Å². The lowest BCUT2D eigenvalue weighted by Crippen LogP contribution is -2.16. The van der Waals surface area contributed by atoms with Gasteiger partial charge in [-0.05, 0) is 65.4 Å². The molecule has 0 unspecified atom stereocenters. The molecule has 3 aromatic rings. The standard InChI is InChI=1S/C25H22F3N3O/c1-3-15-12-22-23(13-20(15)25(26,27)28)31-24(32)14-21(30-22)18-7-5-6-16(10-18)17-8-9-29-19(4-2)11-17/h5-13H,3-4,14H2,1-2H3,(H,31,32). The van der Waals surface area contributed by atoms with Crippen LogP contribution in [0.25, 0.3) is 11.1 Å². The number of benzene rings is 2. The zero-order chi connectivity index (χ0) is 22.9. The zero-order valence-corrected chi connectivity index (χ0v) is 17.8. The topological polar surface area (TPSA) is 54.4 Å². The van der Waals surface area contributed by atoms with Crippen LogP contribution in [0.2, 0.25) is 0 Å². The van der Waals surface area contributed by atoms with E-state index in [9.17, 15) is 18.0 Å². The number of carbonyl (C=O) groups excluding carboxylic acids is 1. The van der Waals surface area contributed by atoms with E-state index in [0.717, 1.165) is 34.9 Å². The second kappa shape index (κ2) is 8.57. The van der Waals surface area contributed by atoms with Gasteiger partial charge in [0.25, 0.3) is 0 Å². The molecule has 0 saturated carbocycles. The second-order valence-corrected chi connectivity index (χ2v) is 7.63. The van der Waals surface area contributed by atoms with Gasteiger partial charge in [-0.25, -0.2) is 0 Å². The van der Waals surface area contributed by atoms with Crippen molar-refractivity contribution >= 4 is 23.0 Å². The number of nitrogens with zero attached hydrogens (tertiary/aromatic N) is 2. The van der Waals surface area contributed by atoms with Gasteiger partial charge in [-0.15, -0.1) is 0 Å². The molecule has 1 aromatic heterocycles. The lowest BCUT2D eigenvalue weighted by Gasteiger charge is -2.15. The number of hydrogen-bond donors (Lipinski definition) is 1. The molecule has 32 heavy (non-hydrogen) atoms. The first-order chi connectivity index (χ1) is 15.3. The first-order valence-electron chi connectivity index (χ1n) is 10.5. The van der Waals surface area contributed by atoms with Crippen molar-refractivity contribution in [1.29, 1.82) is 0 Å². The van der Waals surface area contributed by atoms with Crippen molar-refractivity contribution in [1.82, 2.24) is 4.98 Å². The Morgan fingerprint density at radius 2 is 1.72 bits per heavy atom. The molecule has 4 rings (SSSR count). The molecule has 7 heteroatoms. The number of carbonyl (C=O) groups is 1. The Bertz CT molecular complexity index is 1220. The maximum absolute atomic E-state index is 13.5. The number of amides is 1. The van der Waals surface area contributed by atoms with Gasteiger partial charge in [0.1, 0.15) is 0 Å². The fourth-order valence-electron chi connectivity index (χ4n) is 3.81. The highest BCUT2D eigenvalue weighted by molar-refractivity contribution is 6.17. The molecular weight excluding hydrogens is 415 g/mol. The first-order valence-corrected chi connectivity index (χ1v) is 10.5. The Labute approximate surface area is 184 Å². The molecule has 0 radical (unpaired) electrons. The lowest BCUT2D eigenvalue weighted by molar-refractivity contribution is -0.138. The summed E-state index contributed by atoms with van der Waals surface area (Å²) in [6, 6.07) is 14.0. The molecular formula is C25H22F3N3O. The van der Waals surface area contributed by atoms with Gasteiger partial charge >= 0.3 is 6.18 Å². The van der Waals surface area contributed by atoms with Gasteiger partial charge in [0.2, 0.25) is 5.91 Å². The number of anilines is 1. The van der Waals surface area contributed by atoms with E-state index in [4.69, 9.17) is 0 Å². The van der Waals surface area contributed by atoms with Gasteiger partial charge < -0.3 is 5.32 Å². The van der Waals surface area contributed by atoms with E-state index in [1.807, 2.05) is 43.3 Å². The van der Waals surface area contributed by atoms with E-state index in [0.29, 0.717) is 11.4 Å². The number of halogens is 3. The van der Waals surface area contributed by atoms with Crippen molar-refractivity contribution < 1.29 is 18.0 Å². The van der Waals surface area contributed by atoms with E-state index in [-0.39, 0.29) is 24.1 Å². The van der Waals surface area contributed by atoms with Crippen molar-refractivity contribution in [2.24, 2.45) is 4.99 Å².